The van der Waals surface area contributed by atoms with Crippen LogP contribution in [0.25, 0.3) is 0 Å². The number of aliphatic hydroxyl groups is 1. The Bertz CT molecular complexity index is 1190. The summed E-state index contributed by atoms with van der Waals surface area (Å²) in [6, 6.07) is 22.9. The van der Waals surface area contributed by atoms with Crippen molar-refractivity contribution in [1.29, 1.82) is 0 Å². The Balaban J connectivity index is 1.70. The highest BCUT2D eigenvalue weighted by Gasteiger charge is 2.43. The zero-order chi connectivity index (χ0) is 23.4. The van der Waals surface area contributed by atoms with Crippen LogP contribution >= 0.6 is 0 Å². The Kier molecular flexibility index (Phi) is 6.45. The Morgan fingerprint density at radius 1 is 0.939 bits per heavy atom. The molecule has 4 rings (SSSR count). The smallest absolute Gasteiger partial charge is 0.290 e. The van der Waals surface area contributed by atoms with E-state index in [2.05, 4.69) is 0 Å². The van der Waals surface area contributed by atoms with Crippen LogP contribution < -0.4 is 4.74 Å². The lowest BCUT2D eigenvalue weighted by molar-refractivity contribution is -0.130. The fraction of sp³-hybridized carbons (Fsp3) is 0.185. The predicted octanol–water partition coefficient (Wildman–Crippen LogP) is 4.50. The van der Waals surface area contributed by atoms with Crippen LogP contribution in [-0.4, -0.2) is 33.9 Å². The van der Waals surface area contributed by atoms with Gasteiger partial charge >= 0.3 is 0 Å². The Morgan fingerprint density at radius 2 is 1.58 bits per heavy atom. The summed E-state index contributed by atoms with van der Waals surface area (Å²) in [7, 11) is 1.43. The number of hydrogen-bond acceptors (Lipinski definition) is 5. The number of nitrogens with zero attached hydrogens (tertiary/aromatic N) is 1. The fourth-order valence-corrected chi connectivity index (χ4v) is 4.13. The lowest BCUT2D eigenvalue weighted by Gasteiger charge is -2.27. The maximum absolute atomic E-state index is 13.3. The number of hydrogen-bond donors (Lipinski definition) is 2. The van der Waals surface area contributed by atoms with Crippen LogP contribution in [0.2, 0.25) is 0 Å². The summed E-state index contributed by atoms with van der Waals surface area (Å²) in [6.07, 6.45) is 0.649. The maximum Gasteiger partial charge on any atom is 0.290 e. The van der Waals surface area contributed by atoms with Gasteiger partial charge in [0.25, 0.3) is 5.91 Å². The summed E-state index contributed by atoms with van der Waals surface area (Å²) in [6.45, 7) is 0.215. The first kappa shape index (κ1) is 22.1. The molecule has 2 N–H and O–H groups in total. The molecule has 6 heteroatoms. The number of phenolic OH excluding ortho intramolecular Hbond substituents is 1. The van der Waals surface area contributed by atoms with Crippen LogP contribution in [0.15, 0.2) is 90.2 Å². The first-order valence-electron chi connectivity index (χ1n) is 10.7. The van der Waals surface area contributed by atoms with Gasteiger partial charge in [-0.3, -0.25) is 9.59 Å². The average molecular weight is 443 g/mol. The molecule has 0 radical (unpaired) electrons. The minimum atomic E-state index is -0.796. The second-order valence-corrected chi connectivity index (χ2v) is 7.92. The Morgan fingerprint density at radius 3 is 2.21 bits per heavy atom. The van der Waals surface area contributed by atoms with Gasteiger partial charge in [0.05, 0.1) is 18.7 Å². The van der Waals surface area contributed by atoms with E-state index in [-0.39, 0.29) is 35.8 Å². The third-order valence-electron chi connectivity index (χ3n) is 5.80. The Labute approximate surface area is 192 Å². The summed E-state index contributed by atoms with van der Waals surface area (Å²) >= 11 is 0. The third-order valence-corrected chi connectivity index (χ3v) is 5.80. The van der Waals surface area contributed by atoms with Gasteiger partial charge in [0.15, 0.2) is 23.0 Å². The molecule has 3 aromatic rings. The van der Waals surface area contributed by atoms with Gasteiger partial charge in [0.2, 0.25) is 0 Å². The molecule has 0 spiro atoms. The number of aromatic hydroxyl groups is 1. The number of aliphatic hydroxyl groups excluding tert-OH is 1. The normalized spacial score (nSPS) is 15.7. The van der Waals surface area contributed by atoms with Gasteiger partial charge < -0.3 is 19.8 Å². The zero-order valence-electron chi connectivity index (χ0n) is 18.3. The van der Waals surface area contributed by atoms with Crippen molar-refractivity contribution in [2.75, 3.05) is 7.11 Å². The number of carbonyl (C=O) groups excluding carboxylic acids is 2. The highest BCUT2D eigenvalue weighted by Crippen LogP contribution is 2.41. The lowest BCUT2D eigenvalue weighted by atomic mass is 9.93. The monoisotopic (exact) mass is 443 g/mol. The molecular weight excluding hydrogens is 418 g/mol. The van der Waals surface area contributed by atoms with Gasteiger partial charge in [-0.1, -0.05) is 66.7 Å². The number of aryl methyl sites for hydroxylation is 1. The van der Waals surface area contributed by atoms with Crippen molar-refractivity contribution in [3.05, 3.63) is 107 Å². The average Bonchev–Trinajstić information content (AvgIpc) is 3.09. The molecule has 0 aromatic heterocycles. The highest BCUT2D eigenvalue weighted by molar-refractivity contribution is 6.09. The van der Waals surface area contributed by atoms with Crippen LogP contribution in [-0.2, 0) is 22.6 Å². The molecule has 0 saturated heterocycles. The van der Waals surface area contributed by atoms with Gasteiger partial charge in [-0.05, 0) is 35.2 Å². The third kappa shape index (κ3) is 4.60. The fourth-order valence-electron chi connectivity index (χ4n) is 4.13. The van der Waals surface area contributed by atoms with E-state index < -0.39 is 17.7 Å². The minimum Gasteiger partial charge on any atom is -0.504 e. The van der Waals surface area contributed by atoms with Crippen LogP contribution in [0.3, 0.4) is 0 Å². The topological polar surface area (TPSA) is 87.1 Å². The molecule has 3 aromatic carbocycles. The second-order valence-electron chi connectivity index (χ2n) is 7.92. The van der Waals surface area contributed by atoms with Crippen molar-refractivity contribution < 1.29 is 24.5 Å². The number of benzene rings is 3. The molecule has 1 unspecified atom stereocenters. The molecule has 6 nitrogen and oxygen atoms in total. The number of amides is 1. The molecular formula is C27H25NO5. The van der Waals surface area contributed by atoms with Gasteiger partial charge in [-0.25, -0.2) is 0 Å². The van der Waals surface area contributed by atoms with Crippen LogP contribution in [0.5, 0.6) is 11.5 Å². The van der Waals surface area contributed by atoms with Gasteiger partial charge in [-0.2, -0.15) is 0 Å². The van der Waals surface area contributed by atoms with Gasteiger partial charge in [0.1, 0.15) is 0 Å². The van der Waals surface area contributed by atoms with E-state index in [1.54, 1.807) is 12.1 Å². The van der Waals surface area contributed by atoms with E-state index >= 15 is 0 Å². The summed E-state index contributed by atoms with van der Waals surface area (Å²) in [5.74, 6) is -1.25. The van der Waals surface area contributed by atoms with E-state index in [1.807, 2.05) is 60.7 Å². The van der Waals surface area contributed by atoms with Crippen LogP contribution in [0.1, 0.15) is 29.2 Å². The van der Waals surface area contributed by atoms with Crippen molar-refractivity contribution in [2.45, 2.75) is 25.4 Å². The molecule has 33 heavy (non-hydrogen) atoms. The van der Waals surface area contributed by atoms with Crippen molar-refractivity contribution in [1.82, 2.24) is 4.90 Å². The first-order valence-corrected chi connectivity index (χ1v) is 10.7. The maximum atomic E-state index is 13.3. The number of carbonyl (C=O) groups is 2. The molecule has 168 valence electrons. The summed E-state index contributed by atoms with van der Waals surface area (Å²) in [5.41, 5.74) is 2.51. The number of rotatable bonds is 8. The summed E-state index contributed by atoms with van der Waals surface area (Å²) in [5, 5.41) is 20.8. The molecule has 0 saturated carbocycles. The molecule has 0 fully saturated rings. The second kappa shape index (κ2) is 9.61. The number of ketones is 1. The summed E-state index contributed by atoms with van der Waals surface area (Å²) < 4.78 is 5.24. The quantitative estimate of drug-likeness (QED) is 0.535. The molecule has 1 atom stereocenters. The molecule has 1 aliphatic heterocycles. The van der Waals surface area contributed by atoms with Crippen LogP contribution in [0.4, 0.5) is 0 Å². The van der Waals surface area contributed by atoms with Crippen molar-refractivity contribution in [3.63, 3.8) is 0 Å². The van der Waals surface area contributed by atoms with Crippen molar-refractivity contribution in [2.24, 2.45) is 0 Å². The largest absolute Gasteiger partial charge is 0.504 e. The predicted molar refractivity (Wildman–Crippen MR) is 124 cm³/mol. The van der Waals surface area contributed by atoms with E-state index in [4.69, 9.17) is 4.74 Å². The lowest BCUT2D eigenvalue weighted by Crippen LogP contribution is -2.30. The van der Waals surface area contributed by atoms with E-state index in [0.29, 0.717) is 12.0 Å². The summed E-state index contributed by atoms with van der Waals surface area (Å²) in [4.78, 5) is 27.9. The minimum absolute atomic E-state index is 0.0506. The molecule has 0 aliphatic carbocycles. The van der Waals surface area contributed by atoms with Crippen LogP contribution in [0, 0.1) is 0 Å². The number of ether oxygens (including phenoxy) is 1. The highest BCUT2D eigenvalue weighted by atomic mass is 16.5. The SMILES string of the molecule is COc1cc(C2C(C(=O)CCc3ccccc3)=C(O)C(=O)N2Cc2ccccc2)ccc1O. The molecule has 1 heterocycles. The van der Waals surface area contributed by atoms with Gasteiger partial charge in [-0.15, -0.1) is 0 Å². The first-order chi connectivity index (χ1) is 16.0. The number of phenols is 1. The Hall–Kier alpha value is -4.06. The molecule has 0 bridgehead atoms. The molecule has 1 aliphatic rings. The van der Waals surface area contributed by atoms with E-state index in [0.717, 1.165) is 11.1 Å². The number of methoxy groups -OCH3 is 1. The molecule has 1 amide bonds. The van der Waals surface area contributed by atoms with Crippen molar-refractivity contribution >= 4 is 11.7 Å². The van der Waals surface area contributed by atoms with Gasteiger partial charge in [0, 0.05) is 13.0 Å². The van der Waals surface area contributed by atoms with Crippen molar-refractivity contribution in [3.8, 4) is 11.5 Å². The zero-order valence-corrected chi connectivity index (χ0v) is 18.3. The van der Waals surface area contributed by atoms with E-state index in [1.165, 1.54) is 18.1 Å². The number of Topliss-reactive ketones (excluding diaryl/α,β-unsaturated/α-hetero) is 1. The van der Waals surface area contributed by atoms with E-state index in [9.17, 15) is 19.8 Å². The standard InChI is InChI=1S/C27H25NO5/c1-33-23-16-20(13-15-21(23)29)25-24(22(30)14-12-18-8-4-2-5-9-18)26(31)27(32)28(25)17-19-10-6-3-7-11-19/h2-11,13,15-16,25,29,31H,12,14,17H2,1H3.